The van der Waals surface area contributed by atoms with Crippen molar-refractivity contribution < 1.29 is 52.3 Å². The second kappa shape index (κ2) is 30.8. The molecular weight excluding hydrogens is 313 g/mol. The van der Waals surface area contributed by atoms with Gasteiger partial charge >= 0.3 is 53.1 Å². The van der Waals surface area contributed by atoms with E-state index in [4.69, 9.17) is 1.70 Å². The van der Waals surface area contributed by atoms with Crippen LogP contribution in [0.5, 0.6) is 0 Å². The van der Waals surface area contributed by atoms with Gasteiger partial charge in [-0.25, -0.2) is 0 Å². The van der Waals surface area contributed by atoms with Gasteiger partial charge in [0, 0.05) is 16.8 Å². The fraction of sp³-hybridized carbons (Fsp3) is 0. The van der Waals surface area contributed by atoms with Crippen molar-refractivity contribution in [2.75, 3.05) is 0 Å². The Bertz CT molecular complexity index is 11.6. The summed E-state index contributed by atoms with van der Waals surface area (Å²) < 4.78 is 8.42. The van der Waals surface area contributed by atoms with E-state index >= 15 is 0 Å². The van der Waals surface area contributed by atoms with Gasteiger partial charge in [0.15, 0.2) is 17.4 Å². The Balaban J connectivity index is -0.00000000167. The van der Waals surface area contributed by atoms with Crippen LogP contribution in [-0.2, 0) is 18.5 Å². The minimum atomic E-state index is -0.0833. The van der Waals surface area contributed by atoms with Crippen LogP contribution in [-0.4, -0.2) is 35.0 Å². The van der Waals surface area contributed by atoms with Crippen LogP contribution < -0.4 is 0 Å². The fourth-order valence-electron chi connectivity index (χ4n) is 0. The van der Waals surface area contributed by atoms with E-state index in [9.17, 15) is 0 Å². The molecule has 5 heavy (non-hydrogen) atoms. The van der Waals surface area contributed by atoms with Crippen molar-refractivity contribution in [1.29, 1.82) is 0 Å². The minimum absolute atomic E-state index is 0. The molecule has 0 aromatic carbocycles. The van der Waals surface area contributed by atoms with E-state index in [1.165, 1.54) is 0 Å². The monoisotopic (exact) mass is 322 g/mol. The second-order valence-electron chi connectivity index (χ2n) is 0. The number of rotatable bonds is 0. The number of hydrogen-bond donors (Lipinski definition) is 0. The first-order valence-electron chi connectivity index (χ1n) is 0.236. The average molecular weight is 320 g/mol. The summed E-state index contributed by atoms with van der Waals surface area (Å²) in [5.41, 5.74) is 0. The third-order valence-electron chi connectivity index (χ3n) is 0. The van der Waals surface area contributed by atoms with Gasteiger partial charge < -0.3 is 0 Å². The molecule has 0 spiro atoms. The van der Waals surface area contributed by atoms with Crippen LogP contribution in [0.15, 0.2) is 0 Å². The van der Waals surface area contributed by atoms with E-state index < -0.39 is 0 Å². The maximum absolute atomic E-state index is 8.42. The summed E-state index contributed by atoms with van der Waals surface area (Å²) in [5.74, 6) is 0. The Labute approximate surface area is 85.7 Å². The molecule has 0 aliphatic carbocycles. The van der Waals surface area contributed by atoms with Crippen LogP contribution in [0.2, 0.25) is 0 Å². The summed E-state index contributed by atoms with van der Waals surface area (Å²) in [5, 5.41) is 0. The van der Waals surface area contributed by atoms with Crippen LogP contribution in [0.1, 0.15) is 0 Å². The first kappa shape index (κ1) is 25.6. The summed E-state index contributed by atoms with van der Waals surface area (Å²) in [6.07, 6.45) is 0. The molecule has 0 aromatic rings. The molecule has 0 aliphatic rings. The van der Waals surface area contributed by atoms with E-state index in [0.29, 0.717) is 0 Å². The first-order valence-corrected chi connectivity index (χ1v) is 1.72. The van der Waals surface area contributed by atoms with Crippen LogP contribution in [0.25, 0.3) is 0 Å². The van der Waals surface area contributed by atoms with E-state index in [1.54, 1.807) is 0 Å². The van der Waals surface area contributed by atoms with Crippen molar-refractivity contribution in [1.82, 2.24) is 0 Å². The summed E-state index contributed by atoms with van der Waals surface area (Å²) in [6.45, 7) is 0. The molecule has 0 unspecified atom stereocenters. The third-order valence-corrected chi connectivity index (χ3v) is 0. The molecule has 0 fully saturated rings. The molecule has 0 heterocycles. The van der Waals surface area contributed by atoms with Gasteiger partial charge in [-0.2, -0.15) is 0 Å². The van der Waals surface area contributed by atoms with E-state index in [1.807, 2.05) is 0 Å². The fourth-order valence-corrected chi connectivity index (χ4v) is 0. The standard InChI is InChI=1S/Al.Co.GeH4.La.O.3H/h;;1H4;;;;;. The zero-order valence-electron chi connectivity index (χ0n) is 1.32. The quantitative estimate of drug-likeness (QED) is 0.442. The predicted molar refractivity (Wildman–Crippen MR) is 22.0 cm³/mol. The molecule has 5 heteroatoms. The van der Waals surface area contributed by atoms with Crippen molar-refractivity contribution in [3.05, 3.63) is 0 Å². The van der Waals surface area contributed by atoms with Gasteiger partial charge in [-0.3, -0.25) is 0 Å². The Kier molecular flexibility index (Phi) is 158. The van der Waals surface area contributed by atoms with Crippen LogP contribution >= 0.6 is 0 Å². The van der Waals surface area contributed by atoms with Crippen molar-refractivity contribution >= 4 is 35.0 Å². The zero-order chi connectivity index (χ0) is 2.00. The summed E-state index contributed by atoms with van der Waals surface area (Å²) in [4.78, 5) is 0. The molecule has 0 aromatic heterocycles. The summed E-state index contributed by atoms with van der Waals surface area (Å²) >= 11 is -0.0833. The van der Waals surface area contributed by atoms with Gasteiger partial charge in [0.25, 0.3) is 0 Å². The Morgan fingerprint density at radius 2 is 1.20 bits per heavy atom. The van der Waals surface area contributed by atoms with Gasteiger partial charge in [0.05, 0.1) is 0 Å². The van der Waals surface area contributed by atoms with Crippen molar-refractivity contribution in [3.63, 3.8) is 0 Å². The Morgan fingerprint density at radius 3 is 1.20 bits per heavy atom. The van der Waals surface area contributed by atoms with Gasteiger partial charge in [-0.05, 0) is 0 Å². The van der Waals surface area contributed by atoms with Crippen LogP contribution in [0.4, 0.5) is 0 Å². The maximum atomic E-state index is 8.42. The molecule has 0 rings (SSSR count). The van der Waals surface area contributed by atoms with Crippen molar-refractivity contribution in [3.8, 4) is 0 Å². The molecule has 0 bridgehead atoms. The molecule has 0 saturated carbocycles. The molecule has 32 valence electrons. The van der Waals surface area contributed by atoms with Gasteiger partial charge in [0.2, 0.25) is 0 Å². The molecule has 0 amide bonds. The molecule has 0 aliphatic heterocycles. The normalized spacial score (nSPS) is 1.20. The van der Waals surface area contributed by atoms with E-state index in [0.717, 1.165) is 0 Å². The molecule has 0 saturated heterocycles. The third kappa shape index (κ3) is 20.7. The summed E-state index contributed by atoms with van der Waals surface area (Å²) in [7, 11) is 0. The Hall–Kier alpha value is 2.58. The first-order chi connectivity index (χ1) is 1.00. The molecule has 1 radical (unpaired) electrons. The SMILES string of the molecule is [AlH3].[Co].[GeH4].[O]=[La]. The van der Waals surface area contributed by atoms with Crippen molar-refractivity contribution in [2.45, 2.75) is 0 Å². The molecular formula is H7AlCoGeLaO. The topological polar surface area (TPSA) is 17.1 Å². The predicted octanol–water partition coefficient (Wildman–Crippen LogP) is -2.76. The second-order valence-corrected chi connectivity index (χ2v) is 0. The van der Waals surface area contributed by atoms with Gasteiger partial charge in [-0.1, -0.05) is 0 Å². The summed E-state index contributed by atoms with van der Waals surface area (Å²) in [6, 6.07) is 0. The molecule has 0 N–H and O–H groups in total. The van der Waals surface area contributed by atoms with Crippen LogP contribution in [0, 0.1) is 33.8 Å². The molecule has 0 atom stereocenters. The average Bonchev–Trinajstić information content (AvgIpc) is 1.00. The zero-order valence-corrected chi connectivity index (χ0v) is 5.99. The van der Waals surface area contributed by atoms with Crippen molar-refractivity contribution in [2.24, 2.45) is 0 Å². The van der Waals surface area contributed by atoms with Gasteiger partial charge in [0.1, 0.15) is 0 Å². The van der Waals surface area contributed by atoms with Crippen LogP contribution in [0.3, 0.4) is 0 Å². The number of hydrogen-bond acceptors (Lipinski definition) is 1. The van der Waals surface area contributed by atoms with Gasteiger partial charge in [-0.15, -0.1) is 0 Å². The van der Waals surface area contributed by atoms with E-state index in [2.05, 4.69) is 0 Å². The molecule has 1 nitrogen and oxygen atoms in total. The Morgan fingerprint density at radius 1 is 1.20 bits per heavy atom. The van der Waals surface area contributed by atoms with E-state index in [-0.39, 0.29) is 85.5 Å².